The summed E-state index contributed by atoms with van der Waals surface area (Å²) in [5, 5.41) is 12.7. The van der Waals surface area contributed by atoms with Crippen molar-refractivity contribution >= 4 is 11.8 Å². The van der Waals surface area contributed by atoms with Gasteiger partial charge in [-0.1, -0.05) is 12.1 Å². The lowest BCUT2D eigenvalue weighted by Gasteiger charge is -2.11. The molecular formula is C21H17F3N6O3. The molecule has 3 rings (SSSR count). The molecule has 0 aliphatic heterocycles. The Hall–Kier alpha value is -4.40. The highest BCUT2D eigenvalue weighted by Gasteiger charge is 2.30. The second-order valence-electron chi connectivity index (χ2n) is 6.74. The van der Waals surface area contributed by atoms with Crippen molar-refractivity contribution in [2.45, 2.75) is 19.2 Å². The van der Waals surface area contributed by atoms with Gasteiger partial charge in [0.1, 0.15) is 6.61 Å². The molecule has 0 saturated carbocycles. The lowest BCUT2D eigenvalue weighted by Crippen LogP contribution is -2.41. The summed E-state index contributed by atoms with van der Waals surface area (Å²) >= 11 is 0. The van der Waals surface area contributed by atoms with Gasteiger partial charge in [-0.25, -0.2) is 4.98 Å². The van der Waals surface area contributed by atoms with Gasteiger partial charge in [-0.3, -0.25) is 25.1 Å². The van der Waals surface area contributed by atoms with Crippen LogP contribution >= 0.6 is 0 Å². The summed E-state index contributed by atoms with van der Waals surface area (Å²) in [6.07, 6.45) is -2.39. The maximum absolute atomic E-state index is 12.6. The number of amides is 2. The molecule has 0 aliphatic rings. The summed E-state index contributed by atoms with van der Waals surface area (Å²) in [6, 6.07) is 10.2. The van der Waals surface area contributed by atoms with Crippen LogP contribution in [0.15, 0.2) is 48.8 Å². The number of nitrogens with zero attached hydrogens (tertiary/aromatic N) is 4. The van der Waals surface area contributed by atoms with E-state index < -0.39 is 23.6 Å². The van der Waals surface area contributed by atoms with E-state index in [0.29, 0.717) is 11.9 Å². The molecule has 0 unspecified atom stereocenters. The molecular weight excluding hydrogens is 441 g/mol. The SMILES string of the molecule is Cn1ncc(C(=O)NNC(=O)c2ccc(CC#N)cc2)c1COc1ccc(C(F)(F)F)cn1. The minimum atomic E-state index is -4.51. The number of hydrogen-bond acceptors (Lipinski definition) is 6. The number of pyridine rings is 1. The van der Waals surface area contributed by atoms with Crippen molar-refractivity contribution in [3.05, 3.63) is 76.7 Å². The first-order chi connectivity index (χ1) is 15.7. The fraction of sp³-hybridized carbons (Fsp3) is 0.190. The zero-order valence-electron chi connectivity index (χ0n) is 17.2. The van der Waals surface area contributed by atoms with E-state index in [1.807, 2.05) is 6.07 Å². The van der Waals surface area contributed by atoms with Crippen molar-refractivity contribution in [3.63, 3.8) is 0 Å². The van der Waals surface area contributed by atoms with Gasteiger partial charge in [-0.2, -0.15) is 23.5 Å². The van der Waals surface area contributed by atoms with Crippen LogP contribution < -0.4 is 15.6 Å². The number of benzene rings is 1. The molecule has 0 radical (unpaired) electrons. The minimum Gasteiger partial charge on any atom is -0.471 e. The van der Waals surface area contributed by atoms with Gasteiger partial charge in [0, 0.05) is 24.9 Å². The Bertz CT molecular complexity index is 1180. The number of nitrogens with one attached hydrogen (secondary N) is 2. The summed E-state index contributed by atoms with van der Waals surface area (Å²) in [4.78, 5) is 28.3. The Labute approximate surface area is 185 Å². The number of carbonyl (C=O) groups is 2. The van der Waals surface area contributed by atoms with E-state index in [1.54, 1.807) is 19.2 Å². The molecule has 2 N–H and O–H groups in total. The van der Waals surface area contributed by atoms with Gasteiger partial charge in [0.15, 0.2) is 0 Å². The largest absolute Gasteiger partial charge is 0.471 e. The highest BCUT2D eigenvalue weighted by molar-refractivity contribution is 5.99. The summed E-state index contributed by atoms with van der Waals surface area (Å²) in [6.45, 7) is -0.202. The van der Waals surface area contributed by atoms with Crippen LogP contribution in [0.4, 0.5) is 13.2 Å². The fourth-order valence-electron chi connectivity index (χ4n) is 2.72. The summed E-state index contributed by atoms with van der Waals surface area (Å²) in [5.41, 5.74) is 5.07. The first-order valence-electron chi connectivity index (χ1n) is 9.42. The minimum absolute atomic E-state index is 0.0660. The number of ether oxygens (including phenoxy) is 1. The van der Waals surface area contributed by atoms with Crippen molar-refractivity contribution in [1.29, 1.82) is 5.26 Å². The van der Waals surface area contributed by atoms with Crippen LogP contribution in [0, 0.1) is 11.3 Å². The van der Waals surface area contributed by atoms with Crippen molar-refractivity contribution in [3.8, 4) is 11.9 Å². The molecule has 1 aromatic carbocycles. The van der Waals surface area contributed by atoms with Crippen molar-refractivity contribution in [2.24, 2.45) is 7.05 Å². The van der Waals surface area contributed by atoms with E-state index >= 15 is 0 Å². The van der Waals surface area contributed by atoms with Gasteiger partial charge in [0.25, 0.3) is 11.8 Å². The topological polar surface area (TPSA) is 122 Å². The molecule has 0 saturated heterocycles. The van der Waals surface area contributed by atoms with Crippen LogP contribution in [0.3, 0.4) is 0 Å². The van der Waals surface area contributed by atoms with E-state index in [0.717, 1.165) is 17.7 Å². The van der Waals surface area contributed by atoms with E-state index in [1.165, 1.54) is 23.0 Å². The van der Waals surface area contributed by atoms with Crippen LogP contribution in [-0.4, -0.2) is 26.6 Å². The standard InChI is InChI=1S/C21H17F3N6O3/c1-30-17(12-33-18-7-6-15(10-26-18)21(22,23)24)16(11-27-30)20(32)29-28-19(31)14-4-2-13(3-5-14)8-9-25/h2-7,10-11H,8,12H2,1H3,(H,28,31)(H,29,32). The van der Waals surface area contributed by atoms with E-state index in [9.17, 15) is 22.8 Å². The third kappa shape index (κ3) is 5.85. The van der Waals surface area contributed by atoms with Crippen LogP contribution in [0.5, 0.6) is 5.88 Å². The first kappa shape index (κ1) is 23.3. The number of rotatable bonds is 6. The highest BCUT2D eigenvalue weighted by atomic mass is 19.4. The molecule has 0 bridgehead atoms. The molecule has 0 aliphatic carbocycles. The quantitative estimate of drug-likeness (QED) is 0.548. The molecule has 0 atom stereocenters. The Morgan fingerprint density at radius 3 is 2.39 bits per heavy atom. The smallest absolute Gasteiger partial charge is 0.417 e. The number of aromatic nitrogens is 3. The zero-order chi connectivity index (χ0) is 24.0. The third-order valence-electron chi connectivity index (χ3n) is 4.52. The van der Waals surface area contributed by atoms with Gasteiger partial charge in [-0.05, 0) is 23.8 Å². The molecule has 2 amide bonds. The Morgan fingerprint density at radius 1 is 1.09 bits per heavy atom. The Kier molecular flexibility index (Phi) is 6.92. The number of halogens is 3. The number of hydrazine groups is 1. The van der Waals surface area contributed by atoms with Crippen LogP contribution in [0.1, 0.15) is 37.5 Å². The normalized spacial score (nSPS) is 10.9. The number of aryl methyl sites for hydroxylation is 1. The van der Waals surface area contributed by atoms with Gasteiger partial charge >= 0.3 is 6.18 Å². The number of carbonyl (C=O) groups excluding carboxylic acids is 2. The molecule has 0 spiro atoms. The van der Waals surface area contributed by atoms with Crippen molar-refractivity contribution < 1.29 is 27.5 Å². The summed E-state index contributed by atoms with van der Waals surface area (Å²) < 4.78 is 44.6. The maximum atomic E-state index is 12.6. The third-order valence-corrected chi connectivity index (χ3v) is 4.52. The predicted molar refractivity (Wildman–Crippen MR) is 107 cm³/mol. The molecule has 33 heavy (non-hydrogen) atoms. The second kappa shape index (κ2) is 9.82. The monoisotopic (exact) mass is 458 g/mol. The second-order valence-corrected chi connectivity index (χ2v) is 6.74. The van der Waals surface area contributed by atoms with E-state index in [2.05, 4.69) is 20.9 Å². The Morgan fingerprint density at radius 2 is 1.79 bits per heavy atom. The highest BCUT2D eigenvalue weighted by Crippen LogP contribution is 2.29. The zero-order valence-corrected chi connectivity index (χ0v) is 17.2. The number of alkyl halides is 3. The van der Waals surface area contributed by atoms with Gasteiger partial charge < -0.3 is 4.74 Å². The van der Waals surface area contributed by atoms with Gasteiger partial charge in [-0.15, -0.1) is 0 Å². The van der Waals surface area contributed by atoms with E-state index in [-0.39, 0.29) is 30.0 Å². The average molecular weight is 458 g/mol. The van der Waals surface area contributed by atoms with E-state index in [4.69, 9.17) is 10.00 Å². The van der Waals surface area contributed by atoms with Crippen LogP contribution in [0.25, 0.3) is 0 Å². The number of nitriles is 1. The lowest BCUT2D eigenvalue weighted by atomic mass is 10.1. The molecule has 170 valence electrons. The molecule has 2 heterocycles. The molecule has 2 aromatic heterocycles. The summed E-state index contributed by atoms with van der Waals surface area (Å²) in [7, 11) is 1.55. The lowest BCUT2D eigenvalue weighted by molar-refractivity contribution is -0.137. The number of hydrogen-bond donors (Lipinski definition) is 2. The average Bonchev–Trinajstić information content (AvgIpc) is 3.16. The fourth-order valence-corrected chi connectivity index (χ4v) is 2.72. The predicted octanol–water partition coefficient (Wildman–Crippen LogP) is 2.55. The molecule has 12 heteroatoms. The maximum Gasteiger partial charge on any atom is 0.417 e. The van der Waals surface area contributed by atoms with Gasteiger partial charge in [0.2, 0.25) is 5.88 Å². The van der Waals surface area contributed by atoms with Gasteiger partial charge in [0.05, 0.1) is 35.5 Å². The van der Waals surface area contributed by atoms with Crippen LogP contribution in [0.2, 0.25) is 0 Å². The van der Waals surface area contributed by atoms with Crippen molar-refractivity contribution in [2.75, 3.05) is 0 Å². The molecule has 9 nitrogen and oxygen atoms in total. The Balaban J connectivity index is 1.60. The first-order valence-corrected chi connectivity index (χ1v) is 9.42. The summed E-state index contributed by atoms with van der Waals surface area (Å²) in [5.74, 6) is -1.30. The molecule has 0 fully saturated rings. The van der Waals surface area contributed by atoms with Crippen LogP contribution in [-0.2, 0) is 26.3 Å². The van der Waals surface area contributed by atoms with Crippen molar-refractivity contribution in [1.82, 2.24) is 25.6 Å². The molecule has 3 aromatic rings.